The highest BCUT2D eigenvalue weighted by molar-refractivity contribution is 5.84. The molecule has 3 aromatic heterocycles. The van der Waals surface area contributed by atoms with Crippen LogP contribution in [0.5, 0.6) is 0 Å². The van der Waals surface area contributed by atoms with Gasteiger partial charge < -0.3 is 4.42 Å². The number of pyridine rings is 1. The second kappa shape index (κ2) is 7.75. The summed E-state index contributed by atoms with van der Waals surface area (Å²) in [6.45, 7) is 4.06. The highest BCUT2D eigenvalue weighted by Gasteiger charge is 2.15. The quantitative estimate of drug-likeness (QED) is 0.498. The van der Waals surface area contributed by atoms with Gasteiger partial charge in [-0.15, -0.1) is 5.10 Å². The van der Waals surface area contributed by atoms with Crippen molar-refractivity contribution in [1.29, 1.82) is 5.26 Å². The highest BCUT2D eigenvalue weighted by atomic mass is 16.4. The lowest BCUT2D eigenvalue weighted by atomic mass is 10.1. The molecule has 0 unspecified atom stereocenters. The summed E-state index contributed by atoms with van der Waals surface area (Å²) in [6.07, 6.45) is 3.40. The van der Waals surface area contributed by atoms with Crippen molar-refractivity contribution >= 4 is 10.9 Å². The van der Waals surface area contributed by atoms with E-state index in [1.54, 1.807) is 6.92 Å². The van der Waals surface area contributed by atoms with Gasteiger partial charge in [0.2, 0.25) is 5.89 Å². The number of rotatable bonds is 5. The highest BCUT2D eigenvalue weighted by Crippen LogP contribution is 2.14. The van der Waals surface area contributed by atoms with Gasteiger partial charge in [-0.25, -0.2) is 14.8 Å². The molecule has 0 saturated heterocycles. The van der Waals surface area contributed by atoms with Crippen molar-refractivity contribution in [3.8, 4) is 6.07 Å². The summed E-state index contributed by atoms with van der Waals surface area (Å²) in [5.74, 6) is -0.467. The van der Waals surface area contributed by atoms with Gasteiger partial charge in [0.05, 0.1) is 18.3 Å². The molecule has 0 amide bonds. The van der Waals surface area contributed by atoms with Gasteiger partial charge >= 0.3 is 5.76 Å². The molecule has 0 N–H and O–H groups in total. The van der Waals surface area contributed by atoms with E-state index in [1.807, 2.05) is 37.3 Å². The van der Waals surface area contributed by atoms with Crippen molar-refractivity contribution in [3.05, 3.63) is 86.0 Å². The van der Waals surface area contributed by atoms with Crippen LogP contribution in [-0.2, 0) is 19.5 Å². The first-order valence-corrected chi connectivity index (χ1v) is 9.33. The lowest BCUT2D eigenvalue weighted by Crippen LogP contribution is -2.22. The molecule has 0 spiro atoms. The molecule has 0 saturated carbocycles. The lowest BCUT2D eigenvalue weighted by Gasteiger charge is -2.06. The van der Waals surface area contributed by atoms with Crippen LogP contribution >= 0.6 is 0 Å². The van der Waals surface area contributed by atoms with Crippen molar-refractivity contribution in [1.82, 2.24) is 24.3 Å². The van der Waals surface area contributed by atoms with E-state index < -0.39 is 5.76 Å². The number of hydrogen-bond acceptors (Lipinski definition) is 7. The molecule has 150 valence electrons. The van der Waals surface area contributed by atoms with E-state index in [9.17, 15) is 14.9 Å². The molecular weight excluding hydrogens is 384 g/mol. The van der Waals surface area contributed by atoms with E-state index in [2.05, 4.69) is 15.1 Å². The van der Waals surface area contributed by atoms with Crippen LogP contribution in [0.1, 0.15) is 28.3 Å². The summed E-state index contributed by atoms with van der Waals surface area (Å²) < 4.78 is 7.76. The molecule has 0 radical (unpaired) electrons. The second-order valence-electron chi connectivity index (χ2n) is 7.02. The Morgan fingerprint density at radius 3 is 2.63 bits per heavy atom. The Balaban J connectivity index is 1.59. The third-order valence-electron chi connectivity index (χ3n) is 4.84. The predicted molar refractivity (Wildman–Crippen MR) is 108 cm³/mol. The number of aryl methyl sites for hydroxylation is 4. The summed E-state index contributed by atoms with van der Waals surface area (Å²) >= 11 is 0. The van der Waals surface area contributed by atoms with Crippen molar-refractivity contribution in [2.45, 2.75) is 33.4 Å². The Bertz CT molecular complexity index is 1390. The topological polar surface area (TPSA) is 120 Å². The van der Waals surface area contributed by atoms with Crippen molar-refractivity contribution in [2.24, 2.45) is 0 Å². The van der Waals surface area contributed by atoms with Crippen LogP contribution in [0, 0.1) is 25.2 Å². The second-order valence-corrected chi connectivity index (χ2v) is 7.02. The van der Waals surface area contributed by atoms with E-state index in [-0.39, 0.29) is 29.2 Å². The average molecular weight is 402 g/mol. The zero-order chi connectivity index (χ0) is 21.3. The van der Waals surface area contributed by atoms with Gasteiger partial charge in [0.15, 0.2) is 5.69 Å². The maximum Gasteiger partial charge on any atom is 0.437 e. The maximum atomic E-state index is 12.9. The molecule has 0 fully saturated rings. The number of nitrogens with zero attached hydrogens (tertiary/aromatic N) is 6. The minimum Gasteiger partial charge on any atom is -0.390 e. The molecule has 9 nitrogen and oxygen atoms in total. The fourth-order valence-corrected chi connectivity index (χ4v) is 3.20. The van der Waals surface area contributed by atoms with Crippen LogP contribution in [0.25, 0.3) is 10.9 Å². The SMILES string of the molecule is Cc1ccc(CCn2nc(Cn3cnc4c(C#N)ncc(C)c4c3=O)oc2=O)cc1. The largest absolute Gasteiger partial charge is 0.437 e. The van der Waals surface area contributed by atoms with Crippen molar-refractivity contribution < 1.29 is 4.42 Å². The smallest absolute Gasteiger partial charge is 0.390 e. The van der Waals surface area contributed by atoms with Crippen LogP contribution in [0.15, 0.2) is 50.8 Å². The first kappa shape index (κ1) is 19.3. The third-order valence-corrected chi connectivity index (χ3v) is 4.84. The summed E-state index contributed by atoms with van der Waals surface area (Å²) in [6, 6.07) is 9.98. The summed E-state index contributed by atoms with van der Waals surface area (Å²) in [5.41, 5.74) is 2.86. The molecule has 0 aliphatic rings. The Morgan fingerprint density at radius 2 is 1.90 bits per heavy atom. The molecule has 0 aliphatic heterocycles. The lowest BCUT2D eigenvalue weighted by molar-refractivity contribution is 0.434. The number of benzene rings is 1. The van der Waals surface area contributed by atoms with Crippen LogP contribution in [0.3, 0.4) is 0 Å². The molecule has 0 bridgehead atoms. The molecule has 0 atom stereocenters. The van der Waals surface area contributed by atoms with Crippen LogP contribution in [-0.4, -0.2) is 24.3 Å². The van der Waals surface area contributed by atoms with Gasteiger partial charge in [-0.2, -0.15) is 9.94 Å². The molecule has 1 aromatic carbocycles. The summed E-state index contributed by atoms with van der Waals surface area (Å²) in [4.78, 5) is 33.2. The molecule has 9 heteroatoms. The van der Waals surface area contributed by atoms with Crippen molar-refractivity contribution in [2.75, 3.05) is 0 Å². The van der Waals surface area contributed by atoms with Crippen LogP contribution in [0.2, 0.25) is 0 Å². The molecular formula is C21H18N6O3. The third kappa shape index (κ3) is 3.63. The summed E-state index contributed by atoms with van der Waals surface area (Å²) in [5, 5.41) is 13.7. The molecule has 3 heterocycles. The standard InChI is InChI=1S/C21H18N6O3/c1-13-3-5-15(6-4-13)7-8-27-21(29)30-17(25-27)11-26-12-24-19-16(9-22)23-10-14(2)18(19)20(26)28/h3-6,10,12H,7-8,11H2,1-2H3. The van der Waals surface area contributed by atoms with Gasteiger partial charge in [0, 0.05) is 6.20 Å². The van der Waals surface area contributed by atoms with Crippen LogP contribution < -0.4 is 11.3 Å². The summed E-state index contributed by atoms with van der Waals surface area (Å²) in [7, 11) is 0. The minimum atomic E-state index is -0.578. The number of nitriles is 1. The predicted octanol–water partition coefficient (Wildman–Crippen LogP) is 1.72. The molecule has 4 aromatic rings. The maximum absolute atomic E-state index is 12.9. The normalized spacial score (nSPS) is 11.0. The van der Waals surface area contributed by atoms with E-state index in [0.717, 1.165) is 5.56 Å². The van der Waals surface area contributed by atoms with Gasteiger partial charge in [-0.1, -0.05) is 29.8 Å². The van der Waals surface area contributed by atoms with E-state index in [0.29, 0.717) is 23.9 Å². The zero-order valence-electron chi connectivity index (χ0n) is 16.5. The average Bonchev–Trinajstić information content (AvgIpc) is 3.09. The van der Waals surface area contributed by atoms with E-state index in [4.69, 9.17) is 4.42 Å². The number of hydrogen-bond donors (Lipinski definition) is 0. The van der Waals surface area contributed by atoms with Crippen molar-refractivity contribution in [3.63, 3.8) is 0 Å². The van der Waals surface area contributed by atoms with Gasteiger partial charge in [-0.3, -0.25) is 9.36 Å². The fraction of sp³-hybridized carbons (Fsp3) is 0.238. The van der Waals surface area contributed by atoms with E-state index >= 15 is 0 Å². The Kier molecular flexibility index (Phi) is 4.98. The Hall–Kier alpha value is -4.06. The molecule has 0 aliphatic carbocycles. The van der Waals surface area contributed by atoms with Gasteiger partial charge in [-0.05, 0) is 31.4 Å². The fourth-order valence-electron chi connectivity index (χ4n) is 3.20. The number of aromatic nitrogens is 5. The Labute approximate surface area is 170 Å². The monoisotopic (exact) mass is 402 g/mol. The van der Waals surface area contributed by atoms with Gasteiger partial charge in [0.25, 0.3) is 5.56 Å². The number of fused-ring (bicyclic) bond motifs is 1. The van der Waals surface area contributed by atoms with Crippen LogP contribution in [0.4, 0.5) is 0 Å². The van der Waals surface area contributed by atoms with E-state index in [1.165, 1.54) is 27.3 Å². The molecule has 30 heavy (non-hydrogen) atoms. The Morgan fingerprint density at radius 1 is 1.13 bits per heavy atom. The molecule has 4 rings (SSSR count). The first-order chi connectivity index (χ1) is 14.5. The first-order valence-electron chi connectivity index (χ1n) is 9.33. The zero-order valence-corrected chi connectivity index (χ0v) is 16.5. The minimum absolute atomic E-state index is 0.0435. The van der Waals surface area contributed by atoms with Gasteiger partial charge in [0.1, 0.15) is 18.1 Å².